The number of benzene rings is 1. The second-order valence-corrected chi connectivity index (χ2v) is 6.05. The van der Waals surface area contributed by atoms with Gasteiger partial charge in [-0.25, -0.2) is 9.18 Å². The summed E-state index contributed by atoms with van der Waals surface area (Å²) < 4.78 is 15.7. The maximum Gasteiger partial charge on any atom is 0.336 e. The highest BCUT2D eigenvalue weighted by Crippen LogP contribution is 2.29. The highest BCUT2D eigenvalue weighted by Gasteiger charge is 2.18. The van der Waals surface area contributed by atoms with Crippen LogP contribution in [0.2, 0.25) is 0 Å². The van der Waals surface area contributed by atoms with Crippen LogP contribution < -0.4 is 0 Å². The molecule has 0 atom stereocenters. The van der Waals surface area contributed by atoms with Crippen molar-refractivity contribution < 1.29 is 14.3 Å². The van der Waals surface area contributed by atoms with Crippen LogP contribution in [0.15, 0.2) is 24.5 Å². The second-order valence-electron chi connectivity index (χ2n) is 6.05. The number of hydrogen-bond acceptors (Lipinski definition) is 2. The molecule has 22 heavy (non-hydrogen) atoms. The molecule has 0 radical (unpaired) electrons. The summed E-state index contributed by atoms with van der Waals surface area (Å²) in [5.41, 5.74) is 1.47. The zero-order valence-electron chi connectivity index (χ0n) is 12.6. The van der Waals surface area contributed by atoms with Crippen molar-refractivity contribution in [3.05, 3.63) is 41.5 Å². The maximum atomic E-state index is 13.8. The van der Waals surface area contributed by atoms with Gasteiger partial charge in [0.15, 0.2) is 0 Å². The molecule has 2 aromatic rings. The van der Waals surface area contributed by atoms with Crippen molar-refractivity contribution in [3.63, 3.8) is 0 Å². The molecule has 0 saturated heterocycles. The van der Waals surface area contributed by atoms with E-state index in [0.717, 1.165) is 6.54 Å². The van der Waals surface area contributed by atoms with Crippen LogP contribution in [0.4, 0.5) is 4.39 Å². The van der Waals surface area contributed by atoms with Gasteiger partial charge in [-0.1, -0.05) is 12.8 Å². The number of aromatic nitrogens is 2. The van der Waals surface area contributed by atoms with Gasteiger partial charge in [-0.15, -0.1) is 0 Å². The molecule has 1 N–H and O–H groups in total. The van der Waals surface area contributed by atoms with Crippen molar-refractivity contribution in [3.8, 4) is 11.1 Å². The zero-order chi connectivity index (χ0) is 15.7. The van der Waals surface area contributed by atoms with Crippen molar-refractivity contribution in [2.45, 2.75) is 39.2 Å². The van der Waals surface area contributed by atoms with Crippen LogP contribution in [0, 0.1) is 18.7 Å². The lowest BCUT2D eigenvalue weighted by atomic mass is 9.99. The third-order valence-electron chi connectivity index (χ3n) is 4.39. The van der Waals surface area contributed by atoms with E-state index in [1.165, 1.54) is 37.8 Å². The van der Waals surface area contributed by atoms with E-state index in [-0.39, 0.29) is 5.56 Å². The second kappa shape index (κ2) is 5.91. The lowest BCUT2D eigenvalue weighted by Gasteiger charge is -2.09. The van der Waals surface area contributed by atoms with Crippen molar-refractivity contribution in [1.82, 2.24) is 9.78 Å². The van der Waals surface area contributed by atoms with Crippen molar-refractivity contribution in [2.75, 3.05) is 0 Å². The number of rotatable bonds is 4. The molecule has 5 heteroatoms. The van der Waals surface area contributed by atoms with E-state index in [9.17, 15) is 14.3 Å². The summed E-state index contributed by atoms with van der Waals surface area (Å²) in [4.78, 5) is 11.4. The predicted molar refractivity (Wildman–Crippen MR) is 81.3 cm³/mol. The van der Waals surface area contributed by atoms with Crippen molar-refractivity contribution in [1.29, 1.82) is 0 Å². The lowest BCUT2D eigenvalue weighted by Crippen LogP contribution is -2.07. The van der Waals surface area contributed by atoms with Crippen LogP contribution in [0.25, 0.3) is 11.1 Å². The van der Waals surface area contributed by atoms with Crippen LogP contribution in [0.1, 0.15) is 41.6 Å². The first-order valence-electron chi connectivity index (χ1n) is 7.61. The molecular formula is C17H19FN2O2. The Kier molecular flexibility index (Phi) is 3.96. The van der Waals surface area contributed by atoms with Crippen LogP contribution in [-0.4, -0.2) is 20.9 Å². The van der Waals surface area contributed by atoms with E-state index < -0.39 is 11.8 Å². The Morgan fingerprint density at radius 1 is 1.41 bits per heavy atom. The Morgan fingerprint density at radius 2 is 2.14 bits per heavy atom. The van der Waals surface area contributed by atoms with Gasteiger partial charge in [0.05, 0.1) is 11.8 Å². The van der Waals surface area contributed by atoms with Crippen molar-refractivity contribution >= 4 is 5.97 Å². The standard InChI is InChI=1S/C17H19FN2O2/c1-11-6-15(17(21)22)14(7-16(11)18)13-8-19-20(10-13)9-12-4-2-3-5-12/h6-8,10,12H,2-5,9H2,1H3,(H,21,22). The number of aryl methyl sites for hydroxylation is 1. The first-order chi connectivity index (χ1) is 10.5. The average Bonchev–Trinajstić information content (AvgIpc) is 3.13. The van der Waals surface area contributed by atoms with Gasteiger partial charge in [-0.3, -0.25) is 4.68 Å². The Morgan fingerprint density at radius 3 is 2.82 bits per heavy atom. The molecule has 1 fully saturated rings. The van der Waals surface area contributed by atoms with Gasteiger partial charge < -0.3 is 5.11 Å². The van der Waals surface area contributed by atoms with E-state index >= 15 is 0 Å². The fourth-order valence-corrected chi connectivity index (χ4v) is 3.16. The molecule has 0 aliphatic heterocycles. The largest absolute Gasteiger partial charge is 0.478 e. The molecule has 4 nitrogen and oxygen atoms in total. The van der Waals surface area contributed by atoms with E-state index in [0.29, 0.717) is 22.6 Å². The Balaban J connectivity index is 1.92. The molecule has 1 aromatic heterocycles. The summed E-state index contributed by atoms with van der Waals surface area (Å²) in [5.74, 6) is -0.813. The van der Waals surface area contributed by atoms with Gasteiger partial charge in [0.1, 0.15) is 5.82 Å². The summed E-state index contributed by atoms with van der Waals surface area (Å²) in [6, 6.07) is 2.66. The highest BCUT2D eigenvalue weighted by molar-refractivity contribution is 5.96. The number of hydrogen-bond donors (Lipinski definition) is 1. The van der Waals surface area contributed by atoms with E-state index in [4.69, 9.17) is 0 Å². The SMILES string of the molecule is Cc1cc(C(=O)O)c(-c2cnn(CC3CCCC3)c2)cc1F. The number of nitrogens with zero attached hydrogens (tertiary/aromatic N) is 2. The summed E-state index contributed by atoms with van der Waals surface area (Å²) in [6.07, 6.45) is 8.40. The molecule has 116 valence electrons. The average molecular weight is 302 g/mol. The minimum atomic E-state index is -1.05. The normalized spacial score (nSPS) is 15.4. The molecule has 1 heterocycles. The molecule has 1 aliphatic rings. The fraction of sp³-hybridized carbons (Fsp3) is 0.412. The molecule has 1 saturated carbocycles. The maximum absolute atomic E-state index is 13.8. The predicted octanol–water partition coefficient (Wildman–Crippen LogP) is 3.89. The molecule has 0 spiro atoms. The molecule has 0 unspecified atom stereocenters. The molecule has 0 amide bonds. The molecule has 0 bridgehead atoms. The number of carbonyl (C=O) groups is 1. The summed E-state index contributed by atoms with van der Waals surface area (Å²) >= 11 is 0. The number of halogens is 1. The Labute approximate surface area is 128 Å². The van der Waals surface area contributed by atoms with Gasteiger partial charge in [0.25, 0.3) is 0 Å². The Bertz CT molecular complexity index is 703. The first-order valence-corrected chi connectivity index (χ1v) is 7.61. The minimum Gasteiger partial charge on any atom is -0.478 e. The first kappa shape index (κ1) is 14.8. The van der Waals surface area contributed by atoms with Crippen LogP contribution in [0.3, 0.4) is 0 Å². The molecular weight excluding hydrogens is 283 g/mol. The van der Waals surface area contributed by atoms with Gasteiger partial charge in [0.2, 0.25) is 0 Å². The van der Waals surface area contributed by atoms with Crippen molar-refractivity contribution in [2.24, 2.45) is 5.92 Å². The monoisotopic (exact) mass is 302 g/mol. The number of aromatic carboxylic acids is 1. The van der Waals surface area contributed by atoms with Crippen LogP contribution in [0.5, 0.6) is 0 Å². The van der Waals surface area contributed by atoms with Gasteiger partial charge >= 0.3 is 5.97 Å². The van der Waals surface area contributed by atoms with Crippen LogP contribution >= 0.6 is 0 Å². The summed E-state index contributed by atoms with van der Waals surface area (Å²) in [7, 11) is 0. The third-order valence-corrected chi connectivity index (χ3v) is 4.39. The van der Waals surface area contributed by atoms with Crippen LogP contribution in [-0.2, 0) is 6.54 Å². The number of carboxylic acids is 1. The molecule has 1 aromatic carbocycles. The van der Waals surface area contributed by atoms with E-state index in [1.807, 2.05) is 10.9 Å². The smallest absolute Gasteiger partial charge is 0.336 e. The van der Waals surface area contributed by atoms with Gasteiger partial charge in [0, 0.05) is 23.9 Å². The lowest BCUT2D eigenvalue weighted by molar-refractivity contribution is 0.0697. The van der Waals surface area contributed by atoms with Gasteiger partial charge in [-0.2, -0.15) is 5.10 Å². The van der Waals surface area contributed by atoms with Gasteiger partial charge in [-0.05, 0) is 43.4 Å². The fourth-order valence-electron chi connectivity index (χ4n) is 3.16. The minimum absolute atomic E-state index is 0.110. The zero-order valence-corrected chi connectivity index (χ0v) is 12.6. The third kappa shape index (κ3) is 2.89. The quantitative estimate of drug-likeness (QED) is 0.932. The highest BCUT2D eigenvalue weighted by atomic mass is 19.1. The van der Waals surface area contributed by atoms with E-state index in [1.54, 1.807) is 13.1 Å². The van der Waals surface area contributed by atoms with E-state index in [2.05, 4.69) is 5.10 Å². The molecule has 3 rings (SSSR count). The molecule has 1 aliphatic carbocycles. The topological polar surface area (TPSA) is 55.1 Å². The summed E-state index contributed by atoms with van der Waals surface area (Å²) in [6.45, 7) is 2.41. The Hall–Kier alpha value is -2.17. The summed E-state index contributed by atoms with van der Waals surface area (Å²) in [5, 5.41) is 13.6. The number of carboxylic acid groups (broad SMARTS) is 1.